The predicted octanol–water partition coefficient (Wildman–Crippen LogP) is 2.17. The monoisotopic (exact) mass is 272 g/mol. The van der Waals surface area contributed by atoms with Gasteiger partial charge in [-0.05, 0) is 53.0 Å². The molecule has 5 heteroatoms. The average Bonchev–Trinajstić information content (AvgIpc) is 2.28. The molecule has 0 spiro atoms. The second-order valence-electron chi connectivity index (χ2n) is 6.35. The van der Waals surface area contributed by atoms with E-state index >= 15 is 0 Å². The summed E-state index contributed by atoms with van der Waals surface area (Å²) in [5, 5.41) is 12.6. The van der Waals surface area contributed by atoms with Crippen LogP contribution in [0.5, 0.6) is 0 Å². The van der Waals surface area contributed by atoms with E-state index in [4.69, 9.17) is 4.74 Å². The van der Waals surface area contributed by atoms with Gasteiger partial charge in [-0.1, -0.05) is 0 Å². The predicted molar refractivity (Wildman–Crippen MR) is 75.5 cm³/mol. The zero-order chi connectivity index (χ0) is 14.5. The molecule has 2 N–H and O–H groups in total. The van der Waals surface area contributed by atoms with Crippen molar-refractivity contribution < 1.29 is 14.6 Å². The molecule has 112 valence electrons. The molecule has 0 saturated carbocycles. The molecule has 0 aromatic carbocycles. The van der Waals surface area contributed by atoms with Crippen LogP contribution in [0.4, 0.5) is 4.79 Å². The van der Waals surface area contributed by atoms with Crippen LogP contribution >= 0.6 is 0 Å². The third-order valence-corrected chi connectivity index (χ3v) is 3.59. The molecular formula is C14H28N2O3. The van der Waals surface area contributed by atoms with Gasteiger partial charge < -0.3 is 15.2 Å². The fraction of sp³-hybridized carbons (Fsp3) is 0.929. The maximum atomic E-state index is 11.6. The molecule has 1 fully saturated rings. The van der Waals surface area contributed by atoms with Gasteiger partial charge in [0.25, 0.3) is 0 Å². The number of hydrogen-bond donors (Lipinski definition) is 2. The minimum absolute atomic E-state index is 0.00537. The Balaban J connectivity index is 2.75. The van der Waals surface area contributed by atoms with E-state index in [0.29, 0.717) is 12.5 Å². The van der Waals surface area contributed by atoms with Gasteiger partial charge in [-0.3, -0.25) is 4.90 Å². The quantitative estimate of drug-likeness (QED) is 0.805. The Kier molecular flexibility index (Phi) is 6.07. The van der Waals surface area contributed by atoms with Crippen molar-refractivity contribution in [3.05, 3.63) is 0 Å². The molecule has 0 radical (unpaired) electrons. The lowest BCUT2D eigenvalue weighted by Gasteiger charge is -2.41. The summed E-state index contributed by atoms with van der Waals surface area (Å²) in [6.07, 6.45) is 2.24. The largest absolute Gasteiger partial charge is 0.465 e. The van der Waals surface area contributed by atoms with E-state index in [-0.39, 0.29) is 11.6 Å². The highest BCUT2D eigenvalue weighted by Crippen LogP contribution is 2.25. The number of nitrogens with zero attached hydrogens (tertiary/aromatic N) is 1. The topological polar surface area (TPSA) is 61.8 Å². The molecule has 5 nitrogen and oxygen atoms in total. The molecule has 19 heavy (non-hydrogen) atoms. The van der Waals surface area contributed by atoms with Gasteiger partial charge in [0.05, 0.1) is 0 Å². The Hall–Kier alpha value is -0.810. The first-order valence-corrected chi connectivity index (χ1v) is 7.11. The lowest BCUT2D eigenvalue weighted by molar-refractivity contribution is 0.0224. The molecule has 0 aromatic heterocycles. The second-order valence-corrected chi connectivity index (χ2v) is 6.35. The van der Waals surface area contributed by atoms with Crippen LogP contribution in [0.1, 0.15) is 40.0 Å². The van der Waals surface area contributed by atoms with Gasteiger partial charge in [-0.2, -0.15) is 0 Å². The number of carboxylic acid groups (broad SMARTS) is 1. The second kappa shape index (κ2) is 7.10. The third-order valence-electron chi connectivity index (χ3n) is 3.59. The van der Waals surface area contributed by atoms with E-state index in [1.807, 2.05) is 27.8 Å². The number of nitrogens with one attached hydrogen (secondary N) is 1. The highest BCUT2D eigenvalue weighted by molar-refractivity contribution is 5.66. The van der Waals surface area contributed by atoms with Crippen LogP contribution in [-0.4, -0.2) is 54.5 Å². The minimum Gasteiger partial charge on any atom is -0.465 e. The van der Waals surface area contributed by atoms with Crippen molar-refractivity contribution in [2.75, 3.05) is 26.8 Å². The molecule has 1 heterocycles. The molecule has 1 rings (SSSR count). The van der Waals surface area contributed by atoms with E-state index in [1.165, 1.54) is 0 Å². The number of carbonyl (C=O) groups is 1. The summed E-state index contributed by atoms with van der Waals surface area (Å²) < 4.78 is 5.50. The lowest BCUT2D eigenvalue weighted by Crippen LogP contribution is -2.54. The molecule has 0 unspecified atom stereocenters. The van der Waals surface area contributed by atoms with Crippen molar-refractivity contribution in [3.8, 4) is 0 Å². The summed E-state index contributed by atoms with van der Waals surface area (Å²) in [6.45, 7) is 8.12. The van der Waals surface area contributed by atoms with E-state index < -0.39 is 6.09 Å². The van der Waals surface area contributed by atoms with Crippen molar-refractivity contribution in [1.29, 1.82) is 0 Å². The maximum absolute atomic E-state index is 11.6. The number of hydrogen-bond acceptors (Lipinski definition) is 3. The van der Waals surface area contributed by atoms with Crippen molar-refractivity contribution in [3.63, 3.8) is 0 Å². The standard InChI is InChI=1S/C14H28N2O3/c1-14(2,3)16(13(17)18)12(9-15-4)8-11-6-5-7-19-10-11/h11-12,15H,5-10H2,1-4H3,(H,17,18)/t11-,12-/m0/s1. The number of rotatable bonds is 5. The van der Waals surface area contributed by atoms with E-state index in [2.05, 4.69) is 5.32 Å². The van der Waals surface area contributed by atoms with Crippen molar-refractivity contribution in [1.82, 2.24) is 10.2 Å². The summed E-state index contributed by atoms with van der Waals surface area (Å²) >= 11 is 0. The van der Waals surface area contributed by atoms with E-state index in [9.17, 15) is 9.90 Å². The van der Waals surface area contributed by atoms with Crippen LogP contribution in [0.2, 0.25) is 0 Å². The molecule has 1 aliphatic heterocycles. The average molecular weight is 272 g/mol. The molecule has 1 saturated heterocycles. The highest BCUT2D eigenvalue weighted by atomic mass is 16.5. The third kappa shape index (κ3) is 4.99. The number of amides is 1. The summed E-state index contributed by atoms with van der Waals surface area (Å²) in [6, 6.07) is -0.00537. The van der Waals surface area contributed by atoms with Crippen LogP contribution in [-0.2, 0) is 4.74 Å². The van der Waals surface area contributed by atoms with Crippen molar-refractivity contribution >= 4 is 6.09 Å². The smallest absolute Gasteiger partial charge is 0.408 e. The van der Waals surface area contributed by atoms with Crippen molar-refractivity contribution in [2.24, 2.45) is 5.92 Å². The maximum Gasteiger partial charge on any atom is 0.408 e. The Labute approximate surface area is 116 Å². The van der Waals surface area contributed by atoms with Crippen molar-refractivity contribution in [2.45, 2.75) is 51.6 Å². The summed E-state index contributed by atoms with van der Waals surface area (Å²) in [4.78, 5) is 13.2. The lowest BCUT2D eigenvalue weighted by atomic mass is 9.91. The highest BCUT2D eigenvalue weighted by Gasteiger charge is 2.34. The number of ether oxygens (including phenoxy) is 1. The molecule has 2 atom stereocenters. The first kappa shape index (κ1) is 16.2. The Bertz CT molecular complexity index is 283. The van der Waals surface area contributed by atoms with Gasteiger partial charge in [0.2, 0.25) is 0 Å². The van der Waals surface area contributed by atoms with Gasteiger partial charge in [0, 0.05) is 31.3 Å². The Morgan fingerprint density at radius 1 is 1.53 bits per heavy atom. The normalized spacial score (nSPS) is 22.0. The SMILES string of the molecule is CNC[C@H](C[C@@H]1CCCOC1)N(C(=O)O)C(C)(C)C. The minimum atomic E-state index is -0.843. The van der Waals surface area contributed by atoms with Gasteiger partial charge in [-0.25, -0.2) is 4.79 Å². The molecule has 1 aliphatic rings. The van der Waals surface area contributed by atoms with E-state index in [0.717, 1.165) is 32.5 Å². The fourth-order valence-corrected chi connectivity index (χ4v) is 2.88. The molecule has 0 aliphatic carbocycles. The molecule has 0 bridgehead atoms. The van der Waals surface area contributed by atoms with Gasteiger partial charge >= 0.3 is 6.09 Å². The van der Waals surface area contributed by atoms with Gasteiger partial charge in [0.1, 0.15) is 0 Å². The zero-order valence-electron chi connectivity index (χ0n) is 12.6. The van der Waals surface area contributed by atoms with Crippen LogP contribution in [0.25, 0.3) is 0 Å². The van der Waals surface area contributed by atoms with Gasteiger partial charge in [0.15, 0.2) is 0 Å². The summed E-state index contributed by atoms with van der Waals surface area (Å²) in [5.74, 6) is 0.469. The van der Waals surface area contributed by atoms with E-state index in [1.54, 1.807) is 4.90 Å². The summed E-state index contributed by atoms with van der Waals surface area (Å²) in [7, 11) is 1.87. The van der Waals surface area contributed by atoms with Gasteiger partial charge in [-0.15, -0.1) is 0 Å². The molecular weight excluding hydrogens is 244 g/mol. The molecule has 1 amide bonds. The van der Waals surface area contributed by atoms with Crippen LogP contribution in [0, 0.1) is 5.92 Å². The first-order chi connectivity index (χ1) is 8.86. The zero-order valence-corrected chi connectivity index (χ0v) is 12.6. The molecule has 0 aromatic rings. The Morgan fingerprint density at radius 3 is 2.63 bits per heavy atom. The van der Waals surface area contributed by atoms with Crippen LogP contribution in [0.15, 0.2) is 0 Å². The number of likely N-dealkylation sites (N-methyl/N-ethyl adjacent to an activating group) is 1. The fourth-order valence-electron chi connectivity index (χ4n) is 2.88. The first-order valence-electron chi connectivity index (χ1n) is 7.11. The van der Waals surface area contributed by atoms with Crippen LogP contribution in [0.3, 0.4) is 0 Å². The van der Waals surface area contributed by atoms with Crippen LogP contribution < -0.4 is 5.32 Å². The Morgan fingerprint density at radius 2 is 2.21 bits per heavy atom. The summed E-state index contributed by atoms with van der Waals surface area (Å²) in [5.41, 5.74) is -0.386.